The molecular weight excluding hydrogens is 346 g/mol. The number of likely N-dealkylation sites (tertiary alicyclic amines) is 1. The SMILES string of the molecule is CC1CC(C(=O)O)CN(C(=O)NCCNC(=O)c2ccc(Cl)cc2)C1. The van der Waals surface area contributed by atoms with Gasteiger partial charge in [0.1, 0.15) is 0 Å². The van der Waals surface area contributed by atoms with Crippen LogP contribution >= 0.6 is 11.6 Å². The highest BCUT2D eigenvalue weighted by Crippen LogP contribution is 2.21. The fourth-order valence-corrected chi connectivity index (χ4v) is 2.98. The molecule has 0 radical (unpaired) electrons. The van der Waals surface area contributed by atoms with E-state index in [2.05, 4.69) is 10.6 Å². The number of hydrogen-bond donors (Lipinski definition) is 3. The lowest BCUT2D eigenvalue weighted by Crippen LogP contribution is -2.50. The van der Waals surface area contributed by atoms with E-state index in [1.165, 1.54) is 4.90 Å². The van der Waals surface area contributed by atoms with E-state index in [0.717, 1.165) is 0 Å². The maximum atomic E-state index is 12.2. The second-order valence-corrected chi connectivity index (χ2v) is 6.71. The summed E-state index contributed by atoms with van der Waals surface area (Å²) in [6.45, 7) is 3.22. The summed E-state index contributed by atoms with van der Waals surface area (Å²) >= 11 is 5.77. The van der Waals surface area contributed by atoms with Gasteiger partial charge in [0.2, 0.25) is 0 Å². The van der Waals surface area contributed by atoms with Crippen molar-refractivity contribution < 1.29 is 19.5 Å². The first kappa shape index (κ1) is 19.1. The molecule has 25 heavy (non-hydrogen) atoms. The van der Waals surface area contributed by atoms with Crippen LogP contribution in [0.3, 0.4) is 0 Å². The fourth-order valence-electron chi connectivity index (χ4n) is 2.86. The Hall–Kier alpha value is -2.28. The third-order valence-corrected chi connectivity index (χ3v) is 4.34. The van der Waals surface area contributed by atoms with Crippen molar-refractivity contribution in [2.24, 2.45) is 11.8 Å². The molecule has 2 atom stereocenters. The fraction of sp³-hybridized carbons (Fsp3) is 0.471. The molecule has 3 N–H and O–H groups in total. The second-order valence-electron chi connectivity index (χ2n) is 6.28. The van der Waals surface area contributed by atoms with Crippen LogP contribution in [0.25, 0.3) is 0 Å². The van der Waals surface area contributed by atoms with Gasteiger partial charge in [-0.2, -0.15) is 0 Å². The molecule has 0 bridgehead atoms. The second kappa shape index (κ2) is 8.71. The van der Waals surface area contributed by atoms with E-state index >= 15 is 0 Å². The van der Waals surface area contributed by atoms with Gasteiger partial charge in [0.15, 0.2) is 0 Å². The Morgan fingerprint density at radius 2 is 1.80 bits per heavy atom. The highest BCUT2D eigenvalue weighted by atomic mass is 35.5. The number of carbonyl (C=O) groups is 3. The van der Waals surface area contributed by atoms with Gasteiger partial charge in [0.25, 0.3) is 5.91 Å². The maximum Gasteiger partial charge on any atom is 0.317 e. The van der Waals surface area contributed by atoms with Crippen LogP contribution in [0.1, 0.15) is 23.7 Å². The quantitative estimate of drug-likeness (QED) is 0.691. The number of halogens is 1. The van der Waals surface area contributed by atoms with E-state index in [1.54, 1.807) is 24.3 Å². The number of carboxylic acids is 1. The molecule has 2 rings (SSSR count). The number of carbonyl (C=O) groups excluding carboxylic acids is 2. The molecule has 0 spiro atoms. The summed E-state index contributed by atoms with van der Waals surface area (Å²) in [6.07, 6.45) is 0.580. The molecule has 1 fully saturated rings. The van der Waals surface area contributed by atoms with E-state index < -0.39 is 11.9 Å². The molecule has 1 saturated heterocycles. The molecule has 3 amide bonds. The van der Waals surface area contributed by atoms with Crippen LogP contribution in [0.5, 0.6) is 0 Å². The number of hydrogen-bond acceptors (Lipinski definition) is 3. The summed E-state index contributed by atoms with van der Waals surface area (Å²) in [5.74, 6) is -1.51. The highest BCUT2D eigenvalue weighted by molar-refractivity contribution is 6.30. The Morgan fingerprint density at radius 1 is 1.16 bits per heavy atom. The molecule has 136 valence electrons. The van der Waals surface area contributed by atoms with Crippen LogP contribution < -0.4 is 10.6 Å². The third-order valence-electron chi connectivity index (χ3n) is 4.09. The minimum absolute atomic E-state index is 0.144. The lowest BCUT2D eigenvalue weighted by atomic mass is 9.91. The zero-order valence-electron chi connectivity index (χ0n) is 14.0. The topological polar surface area (TPSA) is 98.7 Å². The minimum Gasteiger partial charge on any atom is -0.481 e. The molecule has 1 aromatic rings. The average molecular weight is 368 g/mol. The Morgan fingerprint density at radius 3 is 2.44 bits per heavy atom. The van der Waals surface area contributed by atoms with Crippen LogP contribution in [0.2, 0.25) is 5.02 Å². The van der Waals surface area contributed by atoms with E-state index in [4.69, 9.17) is 16.7 Å². The van der Waals surface area contributed by atoms with Crippen LogP contribution in [0.15, 0.2) is 24.3 Å². The van der Waals surface area contributed by atoms with Gasteiger partial charge in [0, 0.05) is 36.8 Å². The number of amides is 3. The number of urea groups is 1. The molecule has 2 unspecified atom stereocenters. The maximum absolute atomic E-state index is 12.2. The van der Waals surface area contributed by atoms with Crippen molar-refractivity contribution in [3.05, 3.63) is 34.9 Å². The average Bonchev–Trinajstić information content (AvgIpc) is 2.58. The largest absolute Gasteiger partial charge is 0.481 e. The number of nitrogens with zero attached hydrogens (tertiary/aromatic N) is 1. The van der Waals surface area contributed by atoms with Gasteiger partial charge >= 0.3 is 12.0 Å². The molecule has 0 saturated carbocycles. The predicted octanol–water partition coefficient (Wildman–Crippen LogP) is 1.82. The molecule has 1 heterocycles. The number of piperidine rings is 1. The normalized spacial score (nSPS) is 20.0. The number of aliphatic carboxylic acids is 1. The van der Waals surface area contributed by atoms with Crippen molar-refractivity contribution >= 4 is 29.5 Å². The van der Waals surface area contributed by atoms with E-state index in [9.17, 15) is 14.4 Å². The summed E-state index contributed by atoms with van der Waals surface area (Å²) in [4.78, 5) is 36.7. The van der Waals surface area contributed by atoms with Crippen molar-refractivity contribution in [2.45, 2.75) is 13.3 Å². The smallest absolute Gasteiger partial charge is 0.317 e. The van der Waals surface area contributed by atoms with Gasteiger partial charge < -0.3 is 20.6 Å². The van der Waals surface area contributed by atoms with Gasteiger partial charge in [-0.3, -0.25) is 9.59 Å². The molecule has 1 aromatic carbocycles. The third kappa shape index (κ3) is 5.63. The first-order valence-corrected chi connectivity index (χ1v) is 8.54. The van der Waals surface area contributed by atoms with E-state index in [1.807, 2.05) is 6.92 Å². The van der Waals surface area contributed by atoms with Crippen molar-refractivity contribution in [2.75, 3.05) is 26.2 Å². The molecule has 1 aliphatic heterocycles. The summed E-state index contributed by atoms with van der Waals surface area (Å²) in [5.41, 5.74) is 0.491. The van der Waals surface area contributed by atoms with Crippen molar-refractivity contribution in [3.63, 3.8) is 0 Å². The molecule has 1 aliphatic rings. The molecule has 7 nitrogen and oxygen atoms in total. The Labute approximate surface area is 151 Å². The van der Waals surface area contributed by atoms with Gasteiger partial charge in [0.05, 0.1) is 5.92 Å². The number of nitrogens with one attached hydrogen (secondary N) is 2. The first-order valence-electron chi connectivity index (χ1n) is 8.16. The zero-order chi connectivity index (χ0) is 18.4. The summed E-state index contributed by atoms with van der Waals surface area (Å²) < 4.78 is 0. The Kier molecular flexibility index (Phi) is 6.64. The number of carboxylic acid groups (broad SMARTS) is 1. The molecule has 0 aromatic heterocycles. The minimum atomic E-state index is -0.875. The highest BCUT2D eigenvalue weighted by Gasteiger charge is 2.31. The standard InChI is InChI=1S/C17H22ClN3O4/c1-11-8-13(16(23)24)10-21(9-11)17(25)20-7-6-19-15(22)12-2-4-14(18)5-3-12/h2-5,11,13H,6-10H2,1H3,(H,19,22)(H,20,25)(H,23,24). The van der Waals surface area contributed by atoms with Crippen LogP contribution in [0, 0.1) is 11.8 Å². The summed E-state index contributed by atoms with van der Waals surface area (Å²) in [7, 11) is 0. The Bertz CT molecular complexity index is 635. The number of rotatable bonds is 5. The van der Waals surface area contributed by atoms with Crippen LogP contribution in [0.4, 0.5) is 4.79 Å². The Balaban J connectivity index is 1.73. The molecule has 8 heteroatoms. The van der Waals surface area contributed by atoms with Gasteiger partial charge in [-0.15, -0.1) is 0 Å². The monoisotopic (exact) mass is 367 g/mol. The summed E-state index contributed by atoms with van der Waals surface area (Å²) in [6, 6.07) is 6.21. The lowest BCUT2D eigenvalue weighted by Gasteiger charge is -2.34. The van der Waals surface area contributed by atoms with E-state index in [-0.39, 0.29) is 37.5 Å². The van der Waals surface area contributed by atoms with Crippen molar-refractivity contribution in [1.29, 1.82) is 0 Å². The first-order chi connectivity index (χ1) is 11.9. The van der Waals surface area contributed by atoms with Crippen molar-refractivity contribution in [3.8, 4) is 0 Å². The molecular formula is C17H22ClN3O4. The van der Waals surface area contributed by atoms with Crippen LogP contribution in [-0.4, -0.2) is 54.1 Å². The van der Waals surface area contributed by atoms with Gasteiger partial charge in [-0.1, -0.05) is 18.5 Å². The zero-order valence-corrected chi connectivity index (χ0v) is 14.8. The number of benzene rings is 1. The predicted molar refractivity (Wildman–Crippen MR) is 93.7 cm³/mol. The van der Waals surface area contributed by atoms with Crippen molar-refractivity contribution in [1.82, 2.24) is 15.5 Å². The summed E-state index contributed by atoms with van der Waals surface area (Å²) in [5, 5.41) is 15.1. The lowest BCUT2D eigenvalue weighted by molar-refractivity contribution is -0.143. The van der Waals surface area contributed by atoms with Gasteiger partial charge in [-0.05, 0) is 36.6 Å². The van der Waals surface area contributed by atoms with Crippen LogP contribution in [-0.2, 0) is 4.79 Å². The molecule has 0 aliphatic carbocycles. The van der Waals surface area contributed by atoms with Gasteiger partial charge in [-0.25, -0.2) is 4.79 Å². The van der Waals surface area contributed by atoms with E-state index in [0.29, 0.717) is 23.6 Å².